The average Bonchev–Trinajstić information content (AvgIpc) is 2.53. The molecule has 0 atom stereocenters. The van der Waals surface area contributed by atoms with Gasteiger partial charge < -0.3 is 9.88 Å². The van der Waals surface area contributed by atoms with Crippen LogP contribution in [0.3, 0.4) is 0 Å². The van der Waals surface area contributed by atoms with Crippen molar-refractivity contribution in [3.8, 4) is 0 Å². The van der Waals surface area contributed by atoms with Crippen molar-refractivity contribution in [2.24, 2.45) is 7.05 Å². The fourth-order valence-electron chi connectivity index (χ4n) is 2.93. The first-order valence-corrected chi connectivity index (χ1v) is 7.33. The van der Waals surface area contributed by atoms with Gasteiger partial charge in [-0.15, -0.1) is 0 Å². The molecule has 1 fully saturated rings. The number of carbonyl (C=O) groups is 1. The molecular weight excluding hydrogens is 284 g/mol. The van der Waals surface area contributed by atoms with Crippen molar-refractivity contribution in [2.45, 2.75) is 25.8 Å². The summed E-state index contributed by atoms with van der Waals surface area (Å²) in [5.74, 6) is -0.124. The van der Waals surface area contributed by atoms with E-state index in [-0.39, 0.29) is 11.8 Å². The number of nitrogens with one attached hydrogen (secondary N) is 1. The fraction of sp³-hybridized carbons (Fsp3) is 0.467. The molecule has 3 heterocycles. The van der Waals surface area contributed by atoms with E-state index < -0.39 is 11.1 Å². The van der Waals surface area contributed by atoms with Gasteiger partial charge in [-0.2, -0.15) is 0 Å². The van der Waals surface area contributed by atoms with Gasteiger partial charge in [-0.05, 0) is 38.9 Å². The van der Waals surface area contributed by atoms with Gasteiger partial charge in [0.25, 0.3) is 0 Å². The van der Waals surface area contributed by atoms with E-state index in [1.807, 2.05) is 0 Å². The zero-order valence-electron chi connectivity index (χ0n) is 12.6. The van der Waals surface area contributed by atoms with Crippen LogP contribution >= 0.6 is 0 Å². The SMILES string of the molecule is CC(=O)c1cnc2c(c1)n(C)c(=O)c(=O)n2C1CCNCC1. The van der Waals surface area contributed by atoms with E-state index in [9.17, 15) is 14.4 Å². The van der Waals surface area contributed by atoms with Crippen molar-refractivity contribution < 1.29 is 4.79 Å². The molecule has 3 rings (SSSR count). The fourth-order valence-corrected chi connectivity index (χ4v) is 2.93. The molecule has 116 valence electrons. The predicted molar refractivity (Wildman–Crippen MR) is 82.4 cm³/mol. The Balaban J connectivity index is 2.33. The number of carbonyl (C=O) groups excluding carboxylic acids is 1. The van der Waals surface area contributed by atoms with Gasteiger partial charge in [0.1, 0.15) is 0 Å². The van der Waals surface area contributed by atoms with E-state index in [1.165, 1.54) is 29.3 Å². The Labute approximate surface area is 126 Å². The first kappa shape index (κ1) is 14.6. The molecular formula is C15H18N4O3. The highest BCUT2D eigenvalue weighted by Gasteiger charge is 2.22. The molecule has 1 saturated heterocycles. The van der Waals surface area contributed by atoms with Gasteiger partial charge in [-0.3, -0.25) is 19.0 Å². The third kappa shape index (κ3) is 2.27. The van der Waals surface area contributed by atoms with E-state index in [0.717, 1.165) is 25.9 Å². The second-order valence-corrected chi connectivity index (χ2v) is 5.64. The van der Waals surface area contributed by atoms with Crippen LogP contribution in [0.15, 0.2) is 21.9 Å². The number of hydrogen-bond acceptors (Lipinski definition) is 5. The lowest BCUT2D eigenvalue weighted by molar-refractivity contribution is 0.101. The molecule has 2 aromatic rings. The molecule has 7 nitrogen and oxygen atoms in total. The van der Waals surface area contributed by atoms with Gasteiger partial charge in [0.2, 0.25) is 0 Å². The molecule has 0 aliphatic carbocycles. The van der Waals surface area contributed by atoms with E-state index in [4.69, 9.17) is 0 Å². The molecule has 0 saturated carbocycles. The molecule has 0 unspecified atom stereocenters. The quantitative estimate of drug-likeness (QED) is 0.633. The molecule has 0 radical (unpaired) electrons. The number of pyridine rings is 1. The third-order valence-electron chi connectivity index (χ3n) is 4.22. The summed E-state index contributed by atoms with van der Waals surface area (Å²) in [4.78, 5) is 40.5. The highest BCUT2D eigenvalue weighted by atomic mass is 16.2. The number of aryl methyl sites for hydroxylation is 1. The summed E-state index contributed by atoms with van der Waals surface area (Å²) < 4.78 is 2.77. The number of nitrogens with zero attached hydrogens (tertiary/aromatic N) is 3. The highest BCUT2D eigenvalue weighted by molar-refractivity contribution is 5.96. The molecule has 22 heavy (non-hydrogen) atoms. The van der Waals surface area contributed by atoms with Crippen LogP contribution in [0.5, 0.6) is 0 Å². The molecule has 0 amide bonds. The number of Topliss-reactive ketones (excluding diaryl/α,β-unsaturated/α-hetero) is 1. The molecule has 1 N–H and O–H groups in total. The zero-order chi connectivity index (χ0) is 15.9. The maximum Gasteiger partial charge on any atom is 0.318 e. The molecule has 1 aliphatic rings. The third-order valence-corrected chi connectivity index (χ3v) is 4.22. The smallest absolute Gasteiger partial charge is 0.317 e. The minimum absolute atomic E-state index is 0.0409. The predicted octanol–water partition coefficient (Wildman–Crippen LogP) is 0.222. The molecule has 0 bridgehead atoms. The molecule has 7 heteroatoms. The van der Waals surface area contributed by atoms with Crippen molar-refractivity contribution in [1.29, 1.82) is 0 Å². The summed E-state index contributed by atoms with van der Waals surface area (Å²) in [6, 6.07) is 1.59. The monoisotopic (exact) mass is 302 g/mol. The Morgan fingerprint density at radius 1 is 1.27 bits per heavy atom. The maximum atomic E-state index is 12.4. The summed E-state index contributed by atoms with van der Waals surface area (Å²) in [6.07, 6.45) is 3.02. The number of ketones is 1. The first-order valence-electron chi connectivity index (χ1n) is 7.33. The standard InChI is InChI=1S/C15H18N4O3/c1-9(20)10-7-12-13(17-8-10)19(11-3-5-16-6-4-11)15(22)14(21)18(12)2/h7-8,11,16H,3-6H2,1-2H3. The van der Waals surface area contributed by atoms with Crippen LogP contribution in [0.25, 0.3) is 11.2 Å². The Hall–Kier alpha value is -2.28. The minimum atomic E-state index is -0.589. The van der Waals surface area contributed by atoms with Crippen LogP contribution in [0.2, 0.25) is 0 Å². The van der Waals surface area contributed by atoms with E-state index >= 15 is 0 Å². The number of rotatable bonds is 2. The van der Waals surface area contributed by atoms with Crippen LogP contribution in [-0.4, -0.2) is 33.0 Å². The van der Waals surface area contributed by atoms with Crippen LogP contribution in [-0.2, 0) is 7.05 Å². The van der Waals surface area contributed by atoms with Crippen molar-refractivity contribution in [1.82, 2.24) is 19.4 Å². The number of piperidine rings is 1. The van der Waals surface area contributed by atoms with Crippen LogP contribution in [0, 0.1) is 0 Å². The van der Waals surface area contributed by atoms with Crippen LogP contribution in [0.1, 0.15) is 36.2 Å². The second-order valence-electron chi connectivity index (χ2n) is 5.64. The van der Waals surface area contributed by atoms with Gasteiger partial charge >= 0.3 is 11.1 Å². The van der Waals surface area contributed by atoms with Crippen molar-refractivity contribution >= 4 is 16.9 Å². The number of aromatic nitrogens is 3. The normalized spacial score (nSPS) is 16.1. The summed E-state index contributed by atoms with van der Waals surface area (Å²) in [5.41, 5.74) is 0.261. The van der Waals surface area contributed by atoms with E-state index in [2.05, 4.69) is 10.3 Å². The topological polar surface area (TPSA) is 86.0 Å². The molecule has 0 aromatic carbocycles. The van der Waals surface area contributed by atoms with Gasteiger partial charge in [0, 0.05) is 24.8 Å². The summed E-state index contributed by atoms with van der Waals surface area (Å²) in [7, 11) is 1.53. The highest BCUT2D eigenvalue weighted by Crippen LogP contribution is 2.20. The van der Waals surface area contributed by atoms with Crippen LogP contribution in [0.4, 0.5) is 0 Å². The van der Waals surface area contributed by atoms with Crippen molar-refractivity contribution in [2.75, 3.05) is 13.1 Å². The summed E-state index contributed by atoms with van der Waals surface area (Å²) in [6.45, 7) is 3.06. The van der Waals surface area contributed by atoms with Gasteiger partial charge in [0.15, 0.2) is 11.4 Å². The lowest BCUT2D eigenvalue weighted by Crippen LogP contribution is -2.44. The average molecular weight is 302 g/mol. The molecule has 0 spiro atoms. The number of fused-ring (bicyclic) bond motifs is 1. The van der Waals surface area contributed by atoms with Crippen LogP contribution < -0.4 is 16.4 Å². The lowest BCUT2D eigenvalue weighted by Gasteiger charge is -2.25. The Kier molecular flexibility index (Phi) is 3.66. The summed E-state index contributed by atoms with van der Waals surface area (Å²) in [5, 5.41) is 3.24. The molecule has 2 aromatic heterocycles. The molecule has 1 aliphatic heterocycles. The van der Waals surface area contributed by atoms with Crippen molar-refractivity contribution in [3.05, 3.63) is 38.5 Å². The Morgan fingerprint density at radius 3 is 2.59 bits per heavy atom. The van der Waals surface area contributed by atoms with Gasteiger partial charge in [-0.1, -0.05) is 0 Å². The van der Waals surface area contributed by atoms with E-state index in [0.29, 0.717) is 16.7 Å². The summed E-state index contributed by atoms with van der Waals surface area (Å²) >= 11 is 0. The van der Waals surface area contributed by atoms with Crippen molar-refractivity contribution in [3.63, 3.8) is 0 Å². The first-order chi connectivity index (χ1) is 10.5. The Bertz CT molecular complexity index is 859. The van der Waals surface area contributed by atoms with Gasteiger partial charge in [0.05, 0.1) is 5.52 Å². The maximum absolute atomic E-state index is 12.4. The van der Waals surface area contributed by atoms with E-state index in [1.54, 1.807) is 6.07 Å². The minimum Gasteiger partial charge on any atom is -0.317 e. The Morgan fingerprint density at radius 2 is 1.95 bits per heavy atom. The second kappa shape index (κ2) is 5.49. The zero-order valence-corrected chi connectivity index (χ0v) is 12.6. The van der Waals surface area contributed by atoms with Gasteiger partial charge in [-0.25, -0.2) is 4.98 Å². The largest absolute Gasteiger partial charge is 0.318 e. The number of hydrogen-bond donors (Lipinski definition) is 1. The lowest BCUT2D eigenvalue weighted by atomic mass is 10.1.